The summed E-state index contributed by atoms with van der Waals surface area (Å²) in [4.78, 5) is 4.84. The first-order chi connectivity index (χ1) is 24.7. The molecular formula is C47H50N4OPd. The zero-order valence-electron chi connectivity index (χ0n) is 32.9. The molecule has 0 aliphatic rings. The van der Waals surface area contributed by atoms with Gasteiger partial charge < -0.3 is 9.30 Å². The molecule has 0 amide bonds. The fourth-order valence-electron chi connectivity index (χ4n) is 7.79. The molecule has 6 heteroatoms. The fourth-order valence-corrected chi connectivity index (χ4v) is 7.79. The van der Waals surface area contributed by atoms with Crippen molar-refractivity contribution in [3.05, 3.63) is 130 Å². The van der Waals surface area contributed by atoms with Crippen molar-refractivity contribution in [2.75, 3.05) is 0 Å². The monoisotopic (exact) mass is 792 g/mol. The van der Waals surface area contributed by atoms with E-state index in [0.29, 0.717) is 17.4 Å². The molecule has 4 aromatic carbocycles. The van der Waals surface area contributed by atoms with Gasteiger partial charge in [0.2, 0.25) is 0 Å². The molecule has 0 saturated carbocycles. The van der Waals surface area contributed by atoms with Crippen LogP contribution in [-0.2, 0) is 32.3 Å². The van der Waals surface area contributed by atoms with Crippen molar-refractivity contribution in [2.24, 2.45) is 5.92 Å². The summed E-state index contributed by atoms with van der Waals surface area (Å²) in [7, 11) is 0. The Hall–Kier alpha value is -4.50. The van der Waals surface area contributed by atoms with Gasteiger partial charge in [0.05, 0.1) is 11.4 Å². The third-order valence-corrected chi connectivity index (χ3v) is 9.90. The Kier molecular flexibility index (Phi) is 10.6. The molecule has 274 valence electrons. The number of rotatable bonds is 8. The first-order valence-electron chi connectivity index (χ1n) is 18.5. The number of pyridine rings is 1. The van der Waals surface area contributed by atoms with Crippen LogP contribution in [0.4, 0.5) is 0 Å². The van der Waals surface area contributed by atoms with Crippen molar-refractivity contribution in [2.45, 2.75) is 93.9 Å². The number of ether oxygens (including phenoxy) is 1. The average molecular weight is 793 g/mol. The van der Waals surface area contributed by atoms with Crippen LogP contribution in [0.3, 0.4) is 0 Å². The van der Waals surface area contributed by atoms with Gasteiger partial charge in [-0.3, -0.25) is 4.68 Å². The minimum absolute atomic E-state index is 0. The van der Waals surface area contributed by atoms with Gasteiger partial charge in [0.1, 0.15) is 5.82 Å². The average Bonchev–Trinajstić information content (AvgIpc) is 3.58. The van der Waals surface area contributed by atoms with E-state index in [1.165, 1.54) is 33.4 Å². The molecule has 7 aromatic rings. The quantitative estimate of drug-likeness (QED) is 0.114. The van der Waals surface area contributed by atoms with Gasteiger partial charge >= 0.3 is 20.4 Å². The first-order valence-corrected chi connectivity index (χ1v) is 18.5. The van der Waals surface area contributed by atoms with E-state index in [2.05, 4.69) is 164 Å². The predicted molar refractivity (Wildman–Crippen MR) is 216 cm³/mol. The summed E-state index contributed by atoms with van der Waals surface area (Å²) in [5.41, 5.74) is 13.5. The smallest absolute Gasteiger partial charge is 0.509 e. The van der Waals surface area contributed by atoms with E-state index in [1.54, 1.807) is 0 Å². The molecule has 5 nitrogen and oxygen atoms in total. The second-order valence-corrected chi connectivity index (χ2v) is 16.2. The van der Waals surface area contributed by atoms with Gasteiger partial charge in [-0.2, -0.15) is 11.2 Å². The molecule has 0 spiro atoms. The maximum absolute atomic E-state index is 6.72. The Morgan fingerprint density at radius 2 is 1.49 bits per heavy atom. The Balaban J connectivity index is 0.00000481. The normalized spacial score (nSPS) is 11.9. The maximum Gasteiger partial charge on any atom is 2.00 e. The van der Waals surface area contributed by atoms with Gasteiger partial charge in [-0.15, -0.1) is 41.3 Å². The number of aryl methyl sites for hydroxylation is 4. The maximum atomic E-state index is 6.72. The molecule has 53 heavy (non-hydrogen) atoms. The Bertz CT molecular complexity index is 2430. The summed E-state index contributed by atoms with van der Waals surface area (Å²) < 4.78 is 11.0. The van der Waals surface area contributed by atoms with E-state index in [4.69, 9.17) is 14.8 Å². The van der Waals surface area contributed by atoms with Crippen LogP contribution < -0.4 is 4.74 Å². The summed E-state index contributed by atoms with van der Waals surface area (Å²) in [5, 5.41) is 7.49. The Morgan fingerprint density at radius 1 is 0.774 bits per heavy atom. The zero-order chi connectivity index (χ0) is 37.1. The Labute approximate surface area is 329 Å². The molecule has 0 N–H and O–H groups in total. The van der Waals surface area contributed by atoms with Crippen LogP contribution in [0, 0.1) is 45.7 Å². The molecule has 0 aliphatic heterocycles. The van der Waals surface area contributed by atoms with E-state index in [-0.39, 0.29) is 31.8 Å². The van der Waals surface area contributed by atoms with Crippen molar-refractivity contribution in [3.63, 3.8) is 0 Å². The molecule has 0 radical (unpaired) electrons. The molecule has 0 bridgehead atoms. The molecule has 0 aliphatic carbocycles. The van der Waals surface area contributed by atoms with Crippen LogP contribution >= 0.6 is 0 Å². The summed E-state index contributed by atoms with van der Waals surface area (Å²) in [5.74, 6) is 2.96. The van der Waals surface area contributed by atoms with Crippen LogP contribution in [0.5, 0.6) is 11.5 Å². The van der Waals surface area contributed by atoms with Crippen LogP contribution in [0.2, 0.25) is 0 Å². The van der Waals surface area contributed by atoms with Gasteiger partial charge in [-0.1, -0.05) is 89.9 Å². The van der Waals surface area contributed by atoms with E-state index >= 15 is 0 Å². The minimum atomic E-state index is -0.199. The molecule has 0 saturated heterocycles. The van der Waals surface area contributed by atoms with E-state index in [9.17, 15) is 0 Å². The largest absolute Gasteiger partial charge is 2.00 e. The summed E-state index contributed by atoms with van der Waals surface area (Å²) >= 11 is 0. The Morgan fingerprint density at radius 3 is 2.17 bits per heavy atom. The SMILES string of the molecule is Cc1cc(C)c(-c2c(C)nn(-c3[c-]c(Oc4[c-]c5c(cc4)c4ccccc4n5-c4cc(CC(C)C)ccn4)cc(C(C)C)c3)c2C(C)(C)C)c(C)c1.[Pd+2]. The van der Waals surface area contributed by atoms with E-state index < -0.39 is 0 Å². The second-order valence-electron chi connectivity index (χ2n) is 16.2. The predicted octanol–water partition coefficient (Wildman–Crippen LogP) is 12.3. The van der Waals surface area contributed by atoms with E-state index in [0.717, 1.165) is 56.7 Å². The zero-order valence-corrected chi connectivity index (χ0v) is 34.4. The number of benzene rings is 4. The number of nitrogens with zero attached hydrogens (tertiary/aromatic N) is 4. The number of fused-ring (bicyclic) bond motifs is 3. The van der Waals surface area contributed by atoms with Crippen LogP contribution in [0.1, 0.15) is 93.6 Å². The molecule has 3 aromatic heterocycles. The summed E-state index contributed by atoms with van der Waals surface area (Å²) in [6.07, 6.45) is 2.91. The van der Waals surface area contributed by atoms with Gasteiger partial charge in [0.15, 0.2) is 0 Å². The third kappa shape index (κ3) is 7.37. The minimum Gasteiger partial charge on any atom is -0.509 e. The van der Waals surface area contributed by atoms with Crippen molar-refractivity contribution in [1.82, 2.24) is 19.3 Å². The number of hydrogen-bond acceptors (Lipinski definition) is 3. The van der Waals surface area contributed by atoms with Gasteiger partial charge in [-0.25, -0.2) is 4.98 Å². The number of hydrogen-bond donors (Lipinski definition) is 0. The van der Waals surface area contributed by atoms with Crippen LogP contribution in [0.25, 0.3) is 44.4 Å². The van der Waals surface area contributed by atoms with Gasteiger partial charge in [0.25, 0.3) is 0 Å². The molecule has 0 fully saturated rings. The molecule has 3 heterocycles. The number of aromatic nitrogens is 4. The van der Waals surface area contributed by atoms with Crippen molar-refractivity contribution < 1.29 is 25.2 Å². The standard InChI is InChI=1S/C47H50N4O.Pd/c1-28(2)20-34-18-19-48-43(23-34)50-41-15-13-12-14-39(41)40-17-16-37(27-42(40)50)52-38-25-35(29(3)4)24-36(26-38)51-46(47(9,10)11)45(33(8)49-51)44-31(6)21-30(5)22-32(44)7;/h12-19,21-25,28-29H,20H2,1-11H3;/q-2;+2. The summed E-state index contributed by atoms with van der Waals surface area (Å²) in [6, 6.07) is 33.1. The topological polar surface area (TPSA) is 44.9 Å². The van der Waals surface area contributed by atoms with Crippen LogP contribution in [-0.4, -0.2) is 19.3 Å². The van der Waals surface area contributed by atoms with Gasteiger partial charge in [-0.05, 0) is 97.5 Å². The molecular weight excluding hydrogens is 743 g/mol. The molecule has 0 unspecified atom stereocenters. The van der Waals surface area contributed by atoms with Gasteiger partial charge in [0, 0.05) is 34.2 Å². The summed E-state index contributed by atoms with van der Waals surface area (Å²) in [6.45, 7) is 24.4. The number of para-hydroxylation sites is 1. The van der Waals surface area contributed by atoms with Crippen molar-refractivity contribution in [3.8, 4) is 34.1 Å². The van der Waals surface area contributed by atoms with E-state index in [1.807, 2.05) is 12.3 Å². The van der Waals surface area contributed by atoms with Crippen molar-refractivity contribution >= 4 is 21.8 Å². The molecule has 0 atom stereocenters. The molecule has 7 rings (SSSR count). The fraction of sp³-hybridized carbons (Fsp3) is 0.319. The van der Waals surface area contributed by atoms with Crippen LogP contribution in [0.15, 0.2) is 79.0 Å². The first kappa shape index (κ1) is 38.2. The van der Waals surface area contributed by atoms with Crippen molar-refractivity contribution in [1.29, 1.82) is 0 Å². The third-order valence-electron chi connectivity index (χ3n) is 9.90. The second kappa shape index (κ2) is 14.7.